The first-order chi connectivity index (χ1) is 10.7. The van der Waals surface area contributed by atoms with E-state index in [9.17, 15) is 14.0 Å². The zero-order valence-electron chi connectivity index (χ0n) is 13.3. The molecular weight excluding hydrogens is 315 g/mol. The minimum Gasteiger partial charge on any atom is -0.273 e. The second-order valence-corrected chi connectivity index (χ2v) is 7.49. The molecule has 0 saturated carbocycles. The van der Waals surface area contributed by atoms with Crippen molar-refractivity contribution in [2.24, 2.45) is 5.41 Å². The molecule has 0 saturated heterocycles. The number of thiophene rings is 1. The van der Waals surface area contributed by atoms with E-state index in [-0.39, 0.29) is 23.0 Å². The van der Waals surface area contributed by atoms with Gasteiger partial charge >= 0.3 is 0 Å². The van der Waals surface area contributed by atoms with Gasteiger partial charge in [-0.05, 0) is 35.2 Å². The standard InChI is InChI=1S/C17H19FN2O2S/c1-17(2,3)10-15(21)19-20-16(22)14-9-8-13(23-14)11-4-6-12(18)7-5-11/h4-9H,10H2,1-3H3,(H,19,21)(H,20,22). The molecule has 23 heavy (non-hydrogen) atoms. The molecule has 2 rings (SSSR count). The number of hydrogen-bond donors (Lipinski definition) is 2. The quantitative estimate of drug-likeness (QED) is 0.840. The van der Waals surface area contributed by atoms with Crippen LogP contribution >= 0.6 is 11.3 Å². The summed E-state index contributed by atoms with van der Waals surface area (Å²) in [6, 6.07) is 9.54. The minimum absolute atomic E-state index is 0.145. The Morgan fingerprint density at radius 2 is 1.70 bits per heavy atom. The molecule has 6 heteroatoms. The van der Waals surface area contributed by atoms with Gasteiger partial charge < -0.3 is 0 Å². The zero-order chi connectivity index (χ0) is 17.0. The third-order valence-corrected chi connectivity index (χ3v) is 4.10. The molecule has 2 aromatic rings. The highest BCUT2D eigenvalue weighted by Gasteiger charge is 2.17. The predicted molar refractivity (Wildman–Crippen MR) is 89.4 cm³/mol. The molecule has 122 valence electrons. The Balaban J connectivity index is 1.96. The van der Waals surface area contributed by atoms with Crippen molar-refractivity contribution in [3.63, 3.8) is 0 Å². The molecule has 0 aliphatic heterocycles. The number of hydrogen-bond acceptors (Lipinski definition) is 3. The summed E-state index contributed by atoms with van der Waals surface area (Å²) < 4.78 is 12.9. The average molecular weight is 334 g/mol. The summed E-state index contributed by atoms with van der Waals surface area (Å²) in [5, 5.41) is 0. The lowest BCUT2D eigenvalue weighted by Crippen LogP contribution is -2.42. The molecule has 0 fully saturated rings. The van der Waals surface area contributed by atoms with Crippen LogP contribution in [0.4, 0.5) is 4.39 Å². The van der Waals surface area contributed by atoms with E-state index in [4.69, 9.17) is 0 Å². The van der Waals surface area contributed by atoms with Gasteiger partial charge in [-0.1, -0.05) is 32.9 Å². The number of carbonyl (C=O) groups excluding carboxylic acids is 2. The summed E-state index contributed by atoms with van der Waals surface area (Å²) in [6.07, 6.45) is 0.318. The summed E-state index contributed by atoms with van der Waals surface area (Å²) in [7, 11) is 0. The Labute approximate surface area is 138 Å². The van der Waals surface area contributed by atoms with E-state index in [2.05, 4.69) is 10.9 Å². The van der Waals surface area contributed by atoms with Crippen molar-refractivity contribution in [2.75, 3.05) is 0 Å². The van der Waals surface area contributed by atoms with Crippen molar-refractivity contribution in [2.45, 2.75) is 27.2 Å². The fourth-order valence-electron chi connectivity index (χ4n) is 1.94. The van der Waals surface area contributed by atoms with Gasteiger partial charge in [0.05, 0.1) is 4.88 Å². The highest BCUT2D eigenvalue weighted by atomic mass is 32.1. The van der Waals surface area contributed by atoms with Crippen molar-refractivity contribution in [1.29, 1.82) is 0 Å². The van der Waals surface area contributed by atoms with Crippen molar-refractivity contribution < 1.29 is 14.0 Å². The number of benzene rings is 1. The Morgan fingerprint density at radius 1 is 1.04 bits per heavy atom. The van der Waals surface area contributed by atoms with Crippen molar-refractivity contribution in [3.05, 3.63) is 47.1 Å². The third kappa shape index (κ3) is 5.17. The van der Waals surface area contributed by atoms with Gasteiger partial charge in [0.2, 0.25) is 5.91 Å². The Morgan fingerprint density at radius 3 is 2.30 bits per heavy atom. The maximum Gasteiger partial charge on any atom is 0.279 e. The second-order valence-electron chi connectivity index (χ2n) is 6.41. The van der Waals surface area contributed by atoms with Crippen molar-refractivity contribution >= 4 is 23.2 Å². The van der Waals surface area contributed by atoms with Crippen LogP contribution in [0.15, 0.2) is 36.4 Å². The molecule has 1 aromatic carbocycles. The van der Waals surface area contributed by atoms with Gasteiger partial charge in [-0.2, -0.15) is 0 Å². The molecule has 0 aliphatic carbocycles. The molecule has 2 amide bonds. The predicted octanol–water partition coefficient (Wildman–Crippen LogP) is 3.75. The van der Waals surface area contributed by atoms with Gasteiger partial charge in [-0.25, -0.2) is 4.39 Å². The lowest BCUT2D eigenvalue weighted by Gasteiger charge is -2.17. The van der Waals surface area contributed by atoms with E-state index >= 15 is 0 Å². The van der Waals surface area contributed by atoms with Crippen LogP contribution in [-0.4, -0.2) is 11.8 Å². The van der Waals surface area contributed by atoms with E-state index in [1.807, 2.05) is 20.8 Å². The molecule has 2 N–H and O–H groups in total. The lowest BCUT2D eigenvalue weighted by molar-refractivity contribution is -0.123. The van der Waals surface area contributed by atoms with Crippen LogP contribution in [0.1, 0.15) is 36.9 Å². The van der Waals surface area contributed by atoms with E-state index in [0.29, 0.717) is 11.3 Å². The maximum atomic E-state index is 12.9. The number of rotatable bonds is 3. The summed E-state index contributed by atoms with van der Waals surface area (Å²) >= 11 is 1.28. The van der Waals surface area contributed by atoms with E-state index in [1.165, 1.54) is 23.5 Å². The molecule has 0 aliphatic rings. The number of nitrogens with one attached hydrogen (secondary N) is 2. The summed E-state index contributed by atoms with van der Waals surface area (Å²) in [5.41, 5.74) is 5.51. The van der Waals surface area contributed by atoms with Crippen LogP contribution < -0.4 is 10.9 Å². The molecule has 1 aromatic heterocycles. The van der Waals surface area contributed by atoms with Crippen LogP contribution in [-0.2, 0) is 4.79 Å². The summed E-state index contributed by atoms with van der Waals surface area (Å²) in [4.78, 5) is 25.1. The minimum atomic E-state index is -0.370. The topological polar surface area (TPSA) is 58.2 Å². The maximum absolute atomic E-state index is 12.9. The molecule has 4 nitrogen and oxygen atoms in total. The highest BCUT2D eigenvalue weighted by Crippen LogP contribution is 2.28. The van der Waals surface area contributed by atoms with Gasteiger partial charge in [0.15, 0.2) is 0 Å². The van der Waals surface area contributed by atoms with Gasteiger partial charge in [-0.3, -0.25) is 20.4 Å². The van der Waals surface area contributed by atoms with Gasteiger partial charge in [-0.15, -0.1) is 11.3 Å². The fourth-order valence-corrected chi connectivity index (χ4v) is 2.85. The first-order valence-corrected chi connectivity index (χ1v) is 8.01. The van der Waals surface area contributed by atoms with Gasteiger partial charge in [0, 0.05) is 11.3 Å². The van der Waals surface area contributed by atoms with Crippen LogP contribution in [0.5, 0.6) is 0 Å². The van der Waals surface area contributed by atoms with Crippen LogP contribution in [0.3, 0.4) is 0 Å². The van der Waals surface area contributed by atoms with Crippen molar-refractivity contribution in [3.8, 4) is 10.4 Å². The monoisotopic (exact) mass is 334 g/mol. The van der Waals surface area contributed by atoms with Crippen LogP contribution in [0.2, 0.25) is 0 Å². The molecule has 0 spiro atoms. The average Bonchev–Trinajstić information content (AvgIpc) is 2.93. The SMILES string of the molecule is CC(C)(C)CC(=O)NNC(=O)c1ccc(-c2ccc(F)cc2)s1. The first-order valence-electron chi connectivity index (χ1n) is 7.19. The summed E-state index contributed by atoms with van der Waals surface area (Å²) in [5.74, 6) is -0.906. The highest BCUT2D eigenvalue weighted by molar-refractivity contribution is 7.17. The molecule has 1 heterocycles. The summed E-state index contributed by atoms with van der Waals surface area (Å²) in [6.45, 7) is 5.84. The van der Waals surface area contributed by atoms with E-state index < -0.39 is 0 Å². The molecule has 0 unspecified atom stereocenters. The lowest BCUT2D eigenvalue weighted by atomic mass is 9.92. The van der Waals surface area contributed by atoms with Crippen LogP contribution in [0, 0.1) is 11.2 Å². The molecule has 0 radical (unpaired) electrons. The van der Waals surface area contributed by atoms with Gasteiger partial charge in [0.1, 0.15) is 5.82 Å². The Hall–Kier alpha value is -2.21. The number of carbonyl (C=O) groups is 2. The normalized spacial score (nSPS) is 11.1. The molecule has 0 atom stereocenters. The zero-order valence-corrected chi connectivity index (χ0v) is 14.1. The van der Waals surface area contributed by atoms with Crippen molar-refractivity contribution in [1.82, 2.24) is 10.9 Å². The van der Waals surface area contributed by atoms with Gasteiger partial charge in [0.25, 0.3) is 5.91 Å². The van der Waals surface area contributed by atoms with E-state index in [1.54, 1.807) is 24.3 Å². The van der Waals surface area contributed by atoms with Crippen LogP contribution in [0.25, 0.3) is 10.4 Å². The first kappa shape index (κ1) is 17.1. The Bertz CT molecular complexity index is 702. The van der Waals surface area contributed by atoms with E-state index in [0.717, 1.165) is 10.4 Å². The largest absolute Gasteiger partial charge is 0.279 e. The number of halogens is 1. The fraction of sp³-hybridized carbons (Fsp3) is 0.294. The Kier molecular flexibility index (Phi) is 5.15. The number of hydrazine groups is 1. The molecule has 0 bridgehead atoms. The molecular formula is C17H19FN2O2S. The second kappa shape index (κ2) is 6.91. The number of amides is 2. The smallest absolute Gasteiger partial charge is 0.273 e. The third-order valence-electron chi connectivity index (χ3n) is 2.96.